The van der Waals surface area contributed by atoms with Gasteiger partial charge in [0.25, 0.3) is 8.32 Å². The summed E-state index contributed by atoms with van der Waals surface area (Å²) in [5, 5.41) is 3.58. The first-order valence-corrected chi connectivity index (χ1v) is 11.4. The first-order chi connectivity index (χ1) is 13.8. The van der Waals surface area contributed by atoms with E-state index in [1.807, 2.05) is 24.3 Å². The number of benzene rings is 3. The van der Waals surface area contributed by atoms with Crippen molar-refractivity contribution >= 4 is 23.9 Å². The third-order valence-electron chi connectivity index (χ3n) is 4.99. The molecule has 0 aromatic heterocycles. The van der Waals surface area contributed by atoms with Gasteiger partial charge in [-0.2, -0.15) is 0 Å². The van der Waals surface area contributed by atoms with Crippen LogP contribution in [0.15, 0.2) is 103 Å². The Morgan fingerprint density at radius 2 is 1.21 bits per heavy atom. The molecule has 0 N–H and O–H groups in total. The Morgan fingerprint density at radius 3 is 1.64 bits per heavy atom. The molecule has 3 aromatic rings. The third kappa shape index (κ3) is 3.73. The smallest absolute Gasteiger partial charge is 0.290 e. The lowest BCUT2D eigenvalue weighted by molar-refractivity contribution is -0.193. The van der Waals surface area contributed by atoms with E-state index in [4.69, 9.17) is 13.9 Å². The van der Waals surface area contributed by atoms with Crippen LogP contribution in [0.1, 0.15) is 6.42 Å². The first kappa shape index (κ1) is 18.8. The normalized spacial score (nSPS) is 19.5. The molecule has 0 radical (unpaired) electrons. The highest BCUT2D eigenvalue weighted by Gasteiger charge is 2.44. The van der Waals surface area contributed by atoms with Crippen LogP contribution in [0.25, 0.3) is 0 Å². The van der Waals surface area contributed by atoms with E-state index in [0.717, 1.165) is 0 Å². The SMILES string of the molecule is CO[C@H]1C=CC[C@@H](O[Si](c2ccccc2)(c2ccccc2)c2ccccc2)O1. The van der Waals surface area contributed by atoms with Crippen molar-refractivity contribution in [2.75, 3.05) is 7.11 Å². The zero-order valence-electron chi connectivity index (χ0n) is 15.9. The van der Waals surface area contributed by atoms with Gasteiger partial charge in [-0.15, -0.1) is 0 Å². The maximum atomic E-state index is 6.95. The van der Waals surface area contributed by atoms with Crippen molar-refractivity contribution in [2.45, 2.75) is 19.0 Å². The van der Waals surface area contributed by atoms with Gasteiger partial charge in [0.1, 0.15) is 0 Å². The van der Waals surface area contributed by atoms with Gasteiger partial charge in [-0.3, -0.25) is 0 Å². The molecule has 4 rings (SSSR count). The topological polar surface area (TPSA) is 27.7 Å². The van der Waals surface area contributed by atoms with Gasteiger partial charge >= 0.3 is 0 Å². The third-order valence-corrected chi connectivity index (χ3v) is 9.04. The first-order valence-electron chi connectivity index (χ1n) is 9.52. The molecule has 1 heterocycles. The molecule has 0 saturated heterocycles. The van der Waals surface area contributed by atoms with Crippen molar-refractivity contribution in [3.05, 3.63) is 103 Å². The molecule has 142 valence electrons. The minimum absolute atomic E-state index is 0.373. The van der Waals surface area contributed by atoms with Gasteiger partial charge in [-0.05, 0) is 21.6 Å². The Bertz CT molecular complexity index is 800. The fourth-order valence-corrected chi connectivity index (χ4v) is 7.62. The van der Waals surface area contributed by atoms with Gasteiger partial charge < -0.3 is 13.9 Å². The summed E-state index contributed by atoms with van der Waals surface area (Å²) in [5.41, 5.74) is 0. The Morgan fingerprint density at radius 1 is 0.750 bits per heavy atom. The van der Waals surface area contributed by atoms with Crippen LogP contribution >= 0.6 is 0 Å². The van der Waals surface area contributed by atoms with Crippen molar-refractivity contribution in [2.24, 2.45) is 0 Å². The average Bonchev–Trinajstić information content (AvgIpc) is 2.79. The predicted octanol–water partition coefficient (Wildman–Crippen LogP) is 2.95. The van der Waals surface area contributed by atoms with Crippen molar-refractivity contribution < 1.29 is 13.9 Å². The molecule has 1 aliphatic heterocycles. The number of hydrogen-bond acceptors (Lipinski definition) is 3. The molecule has 0 aliphatic carbocycles. The van der Waals surface area contributed by atoms with E-state index in [-0.39, 0.29) is 12.6 Å². The van der Waals surface area contributed by atoms with Crippen molar-refractivity contribution in [1.82, 2.24) is 0 Å². The molecule has 2 atom stereocenters. The summed E-state index contributed by atoms with van der Waals surface area (Å²) in [7, 11) is -1.12. The zero-order valence-corrected chi connectivity index (χ0v) is 16.9. The van der Waals surface area contributed by atoms with E-state index in [1.54, 1.807) is 7.11 Å². The Hall–Kier alpha value is -2.50. The summed E-state index contributed by atoms with van der Waals surface area (Å²) in [5.74, 6) is 0. The highest BCUT2D eigenvalue weighted by atomic mass is 28.4. The van der Waals surface area contributed by atoms with Gasteiger partial charge in [0, 0.05) is 13.5 Å². The van der Waals surface area contributed by atoms with E-state index in [1.165, 1.54) is 15.6 Å². The summed E-state index contributed by atoms with van der Waals surface area (Å²) in [6, 6.07) is 31.6. The lowest BCUT2D eigenvalue weighted by atomic mass is 10.3. The van der Waals surface area contributed by atoms with Gasteiger partial charge in [0.05, 0.1) is 0 Å². The summed E-state index contributed by atoms with van der Waals surface area (Å²) >= 11 is 0. The minimum Gasteiger partial charge on any atom is -0.378 e. The second kappa shape index (κ2) is 8.67. The molecule has 0 unspecified atom stereocenters. The number of rotatable bonds is 6. The molecular weight excluding hydrogens is 364 g/mol. The minimum atomic E-state index is -2.77. The number of ether oxygens (including phenoxy) is 2. The lowest BCUT2D eigenvalue weighted by Crippen LogP contribution is -2.70. The van der Waals surface area contributed by atoms with Crippen LogP contribution in [0.5, 0.6) is 0 Å². The quantitative estimate of drug-likeness (QED) is 0.369. The second-order valence-electron chi connectivity index (χ2n) is 6.73. The fourth-order valence-electron chi connectivity index (χ4n) is 3.68. The van der Waals surface area contributed by atoms with E-state index < -0.39 is 8.32 Å². The molecule has 1 aliphatic rings. The Kier molecular flexibility index (Phi) is 5.83. The highest BCUT2D eigenvalue weighted by molar-refractivity contribution is 7.07. The van der Waals surface area contributed by atoms with Crippen LogP contribution < -0.4 is 15.6 Å². The van der Waals surface area contributed by atoms with Gasteiger partial charge in [-0.25, -0.2) is 0 Å². The van der Waals surface area contributed by atoms with Crippen molar-refractivity contribution in [1.29, 1.82) is 0 Å². The van der Waals surface area contributed by atoms with Crippen molar-refractivity contribution in [3.63, 3.8) is 0 Å². The Balaban J connectivity index is 1.87. The monoisotopic (exact) mass is 388 g/mol. The number of hydrogen-bond donors (Lipinski definition) is 0. The summed E-state index contributed by atoms with van der Waals surface area (Å²) < 4.78 is 18.4. The van der Waals surface area contributed by atoms with Gasteiger partial charge in [0.15, 0.2) is 12.6 Å². The molecule has 3 nitrogen and oxygen atoms in total. The summed E-state index contributed by atoms with van der Waals surface area (Å²) in [6.45, 7) is 0. The van der Waals surface area contributed by atoms with Crippen molar-refractivity contribution in [3.8, 4) is 0 Å². The molecule has 0 saturated carbocycles. The summed E-state index contributed by atoms with van der Waals surface area (Å²) in [6.07, 6.45) is 3.94. The van der Waals surface area contributed by atoms with Crippen LogP contribution in [-0.2, 0) is 13.9 Å². The second-order valence-corrected chi connectivity index (χ2v) is 10.1. The van der Waals surface area contributed by atoms with E-state index in [9.17, 15) is 0 Å². The predicted molar refractivity (Wildman–Crippen MR) is 114 cm³/mol. The van der Waals surface area contributed by atoms with E-state index >= 15 is 0 Å². The lowest BCUT2D eigenvalue weighted by Gasteiger charge is -2.37. The highest BCUT2D eigenvalue weighted by Crippen LogP contribution is 2.20. The fraction of sp³-hybridized carbons (Fsp3) is 0.167. The molecule has 0 bridgehead atoms. The largest absolute Gasteiger partial charge is 0.378 e. The number of methoxy groups -OCH3 is 1. The van der Waals surface area contributed by atoms with Crippen LogP contribution in [0, 0.1) is 0 Å². The van der Waals surface area contributed by atoms with E-state index in [0.29, 0.717) is 6.42 Å². The molecule has 4 heteroatoms. The maximum absolute atomic E-state index is 6.95. The average molecular weight is 389 g/mol. The van der Waals surface area contributed by atoms with Crippen LogP contribution in [0.2, 0.25) is 0 Å². The maximum Gasteiger partial charge on any atom is 0.290 e. The standard InChI is InChI=1S/C24H24O3Si/c1-25-23-18-11-19-24(26-23)27-28(20-12-5-2-6-13-20,21-14-7-3-8-15-21)22-16-9-4-10-17-22/h2-18,23-24H,19H2,1H3/t23-,24-/m1/s1. The zero-order chi connectivity index (χ0) is 19.2. The van der Waals surface area contributed by atoms with Gasteiger partial charge in [-0.1, -0.05) is 97.1 Å². The molecule has 0 spiro atoms. The molecule has 0 fully saturated rings. The van der Waals surface area contributed by atoms with Crippen LogP contribution in [0.4, 0.5) is 0 Å². The molecule has 3 aromatic carbocycles. The van der Waals surface area contributed by atoms with Crippen LogP contribution in [0.3, 0.4) is 0 Å². The van der Waals surface area contributed by atoms with E-state index in [2.05, 4.69) is 78.9 Å². The molecule has 28 heavy (non-hydrogen) atoms. The molecular formula is C24H24O3Si. The van der Waals surface area contributed by atoms with Gasteiger partial charge in [0.2, 0.25) is 0 Å². The van der Waals surface area contributed by atoms with Crippen LogP contribution in [-0.4, -0.2) is 28.0 Å². The molecule has 0 amide bonds. The Labute approximate surface area is 167 Å². The summed E-state index contributed by atoms with van der Waals surface area (Å²) in [4.78, 5) is 0.